The second-order valence-corrected chi connectivity index (χ2v) is 5.98. The minimum Gasteiger partial charge on any atom is -0.478 e. The van der Waals surface area contributed by atoms with Crippen LogP contribution >= 0.6 is 11.6 Å². The van der Waals surface area contributed by atoms with E-state index in [9.17, 15) is 17.6 Å². The lowest BCUT2D eigenvalue weighted by atomic mass is 10.3. The number of benzene rings is 1. The standard InChI is InChI=1S/C12H8ClFN2O4S/c13-9-3-2-8(14)5-10(9)21(19,20)16-11-4-1-7(6-15-11)12(17)18/h1-6H,(H,15,16)(H,17,18). The van der Waals surface area contributed by atoms with E-state index >= 15 is 0 Å². The van der Waals surface area contributed by atoms with E-state index < -0.39 is 26.7 Å². The Bertz CT molecular complexity index is 793. The van der Waals surface area contributed by atoms with Gasteiger partial charge in [0, 0.05) is 6.20 Å². The predicted molar refractivity (Wildman–Crippen MR) is 73.4 cm³/mol. The number of carbonyl (C=O) groups is 1. The number of nitrogens with one attached hydrogen (secondary N) is 1. The van der Waals surface area contributed by atoms with Gasteiger partial charge in [-0.25, -0.2) is 22.6 Å². The van der Waals surface area contributed by atoms with E-state index in [1.807, 2.05) is 0 Å². The molecule has 110 valence electrons. The first kappa shape index (κ1) is 15.2. The summed E-state index contributed by atoms with van der Waals surface area (Å²) in [5.74, 6) is -2.06. The smallest absolute Gasteiger partial charge is 0.337 e. The van der Waals surface area contributed by atoms with Crippen LogP contribution in [0.1, 0.15) is 10.4 Å². The minimum atomic E-state index is -4.13. The molecule has 0 unspecified atom stereocenters. The molecule has 21 heavy (non-hydrogen) atoms. The predicted octanol–water partition coefficient (Wildman–Crippen LogP) is 2.37. The van der Waals surface area contributed by atoms with Crippen LogP contribution in [0.5, 0.6) is 0 Å². The van der Waals surface area contributed by atoms with Gasteiger partial charge in [-0.05, 0) is 30.3 Å². The maximum atomic E-state index is 13.1. The number of hydrogen-bond donors (Lipinski definition) is 2. The van der Waals surface area contributed by atoms with Gasteiger partial charge in [0.1, 0.15) is 16.5 Å². The molecule has 1 aromatic carbocycles. The molecule has 2 rings (SSSR count). The molecule has 0 saturated heterocycles. The summed E-state index contributed by atoms with van der Waals surface area (Å²) in [6.07, 6.45) is 0.993. The van der Waals surface area contributed by atoms with Crippen molar-refractivity contribution in [2.75, 3.05) is 4.72 Å². The van der Waals surface area contributed by atoms with Gasteiger partial charge in [0.25, 0.3) is 10.0 Å². The number of pyridine rings is 1. The Kier molecular flexibility index (Phi) is 4.10. The van der Waals surface area contributed by atoms with Crippen LogP contribution in [0.25, 0.3) is 0 Å². The van der Waals surface area contributed by atoms with Gasteiger partial charge in [-0.15, -0.1) is 0 Å². The summed E-state index contributed by atoms with van der Waals surface area (Å²) in [6.45, 7) is 0. The number of nitrogens with zero attached hydrogens (tertiary/aromatic N) is 1. The molecule has 2 aromatic rings. The molecule has 0 amide bonds. The van der Waals surface area contributed by atoms with E-state index in [4.69, 9.17) is 16.7 Å². The van der Waals surface area contributed by atoms with Crippen molar-refractivity contribution in [2.45, 2.75) is 4.90 Å². The minimum absolute atomic E-state index is 0.0956. The fourth-order valence-corrected chi connectivity index (χ4v) is 2.98. The second-order valence-electron chi connectivity index (χ2n) is 3.92. The Morgan fingerprint density at radius 2 is 2.00 bits per heavy atom. The number of sulfonamides is 1. The lowest BCUT2D eigenvalue weighted by Gasteiger charge is -2.09. The molecule has 1 aromatic heterocycles. The zero-order valence-corrected chi connectivity index (χ0v) is 11.8. The molecule has 0 fully saturated rings. The highest BCUT2D eigenvalue weighted by Gasteiger charge is 2.19. The van der Waals surface area contributed by atoms with Crippen LogP contribution in [0.3, 0.4) is 0 Å². The Hall–Kier alpha value is -2.19. The maximum absolute atomic E-state index is 13.1. The Balaban J connectivity index is 2.33. The van der Waals surface area contributed by atoms with Crippen LogP contribution in [0, 0.1) is 5.82 Å². The van der Waals surface area contributed by atoms with Crippen LogP contribution in [0.15, 0.2) is 41.4 Å². The maximum Gasteiger partial charge on any atom is 0.337 e. The van der Waals surface area contributed by atoms with Crippen molar-refractivity contribution < 1.29 is 22.7 Å². The zero-order chi connectivity index (χ0) is 15.6. The molecule has 1 heterocycles. The van der Waals surface area contributed by atoms with Gasteiger partial charge in [0.2, 0.25) is 0 Å². The first-order valence-electron chi connectivity index (χ1n) is 5.47. The SMILES string of the molecule is O=C(O)c1ccc(NS(=O)(=O)c2cc(F)ccc2Cl)nc1. The number of rotatable bonds is 4. The monoisotopic (exact) mass is 330 g/mol. The normalized spacial score (nSPS) is 11.1. The summed E-state index contributed by atoms with van der Waals surface area (Å²) in [4.78, 5) is 13.9. The van der Waals surface area contributed by atoms with E-state index in [0.717, 1.165) is 24.4 Å². The van der Waals surface area contributed by atoms with Crippen LogP contribution in [-0.2, 0) is 10.0 Å². The van der Waals surface area contributed by atoms with Gasteiger partial charge in [0.15, 0.2) is 0 Å². The lowest BCUT2D eigenvalue weighted by molar-refractivity contribution is 0.0696. The third-order valence-electron chi connectivity index (χ3n) is 2.43. The number of anilines is 1. The molecular formula is C12H8ClFN2O4S. The van der Waals surface area contributed by atoms with Gasteiger partial charge < -0.3 is 5.11 Å². The number of carboxylic acid groups (broad SMARTS) is 1. The van der Waals surface area contributed by atoms with E-state index in [2.05, 4.69) is 9.71 Å². The van der Waals surface area contributed by atoms with Crippen molar-refractivity contribution in [1.29, 1.82) is 0 Å². The molecule has 0 aliphatic heterocycles. The summed E-state index contributed by atoms with van der Waals surface area (Å²) < 4.78 is 39.4. The topological polar surface area (TPSA) is 96.4 Å². The van der Waals surface area contributed by atoms with Gasteiger partial charge >= 0.3 is 5.97 Å². The van der Waals surface area contributed by atoms with Crippen LogP contribution in [-0.4, -0.2) is 24.5 Å². The molecule has 6 nitrogen and oxygen atoms in total. The largest absolute Gasteiger partial charge is 0.478 e. The quantitative estimate of drug-likeness (QED) is 0.897. The summed E-state index contributed by atoms with van der Waals surface area (Å²) in [6, 6.07) is 5.28. The van der Waals surface area contributed by atoms with Gasteiger partial charge in [-0.1, -0.05) is 11.6 Å². The van der Waals surface area contributed by atoms with Crippen LogP contribution < -0.4 is 4.72 Å². The number of carboxylic acids is 1. The van der Waals surface area contributed by atoms with Crippen molar-refractivity contribution in [2.24, 2.45) is 0 Å². The highest BCUT2D eigenvalue weighted by molar-refractivity contribution is 7.92. The van der Waals surface area contributed by atoms with Crippen LogP contribution in [0.4, 0.5) is 10.2 Å². The molecule has 0 spiro atoms. The van der Waals surface area contributed by atoms with E-state index in [0.29, 0.717) is 0 Å². The molecule has 0 aliphatic rings. The van der Waals surface area contributed by atoms with Crippen molar-refractivity contribution in [3.05, 3.63) is 52.9 Å². The highest BCUT2D eigenvalue weighted by atomic mass is 35.5. The molecule has 0 bridgehead atoms. The fourth-order valence-electron chi connectivity index (χ4n) is 1.46. The summed E-state index contributed by atoms with van der Waals surface area (Å²) in [5, 5.41) is 8.57. The number of hydrogen-bond acceptors (Lipinski definition) is 4. The molecule has 2 N–H and O–H groups in total. The Labute approximate surface area is 124 Å². The highest BCUT2D eigenvalue weighted by Crippen LogP contribution is 2.24. The zero-order valence-electron chi connectivity index (χ0n) is 10.2. The summed E-state index contributed by atoms with van der Waals surface area (Å²) >= 11 is 5.73. The molecule has 9 heteroatoms. The number of aromatic carboxylic acids is 1. The number of halogens is 2. The molecular weight excluding hydrogens is 323 g/mol. The van der Waals surface area contributed by atoms with E-state index in [-0.39, 0.29) is 16.4 Å². The molecule has 0 aliphatic carbocycles. The Morgan fingerprint density at radius 3 is 2.57 bits per heavy atom. The summed E-state index contributed by atoms with van der Waals surface area (Å²) in [7, 11) is -4.13. The van der Waals surface area contributed by atoms with Gasteiger partial charge in [-0.3, -0.25) is 4.72 Å². The second kappa shape index (κ2) is 5.66. The van der Waals surface area contributed by atoms with Gasteiger partial charge in [-0.2, -0.15) is 0 Å². The van der Waals surface area contributed by atoms with Gasteiger partial charge in [0.05, 0.1) is 10.6 Å². The lowest BCUT2D eigenvalue weighted by Crippen LogP contribution is -2.15. The fraction of sp³-hybridized carbons (Fsp3) is 0. The van der Waals surface area contributed by atoms with Crippen LogP contribution in [0.2, 0.25) is 5.02 Å². The number of aromatic nitrogens is 1. The molecule has 0 radical (unpaired) electrons. The average molecular weight is 331 g/mol. The average Bonchev–Trinajstić information content (AvgIpc) is 2.41. The molecule has 0 atom stereocenters. The third kappa shape index (κ3) is 3.47. The van der Waals surface area contributed by atoms with E-state index in [1.165, 1.54) is 12.1 Å². The van der Waals surface area contributed by atoms with Crippen molar-refractivity contribution >= 4 is 33.4 Å². The Morgan fingerprint density at radius 1 is 1.29 bits per heavy atom. The van der Waals surface area contributed by atoms with Crippen molar-refractivity contribution in [3.63, 3.8) is 0 Å². The van der Waals surface area contributed by atoms with Crippen molar-refractivity contribution in [3.8, 4) is 0 Å². The molecule has 0 saturated carbocycles. The third-order valence-corrected chi connectivity index (χ3v) is 4.27. The first-order chi connectivity index (χ1) is 9.79. The van der Waals surface area contributed by atoms with E-state index in [1.54, 1.807) is 0 Å². The van der Waals surface area contributed by atoms with Crippen molar-refractivity contribution in [1.82, 2.24) is 4.98 Å². The first-order valence-corrected chi connectivity index (χ1v) is 7.33. The summed E-state index contributed by atoms with van der Waals surface area (Å²) in [5.41, 5.74) is -0.0956.